The van der Waals surface area contributed by atoms with Crippen molar-refractivity contribution in [3.63, 3.8) is 0 Å². The number of benzene rings is 1. The average Bonchev–Trinajstić information content (AvgIpc) is 2.82. The topological polar surface area (TPSA) is 96.7 Å². The Labute approximate surface area is 108 Å². The Kier molecular flexibility index (Phi) is 3.96. The van der Waals surface area contributed by atoms with Gasteiger partial charge in [0.25, 0.3) is 5.91 Å². The van der Waals surface area contributed by atoms with Crippen molar-refractivity contribution in [2.45, 2.75) is 17.8 Å². The highest BCUT2D eigenvalue weighted by Gasteiger charge is 2.04. The van der Waals surface area contributed by atoms with Crippen LogP contribution in [0.15, 0.2) is 29.4 Å². The summed E-state index contributed by atoms with van der Waals surface area (Å²) in [6, 6.07) is 7.25. The van der Waals surface area contributed by atoms with Gasteiger partial charge in [-0.05, 0) is 24.6 Å². The molecule has 4 N–H and O–H groups in total. The number of carbonyl (C=O) groups excluding carboxylic acids is 1. The molecule has 1 aromatic carbocycles. The van der Waals surface area contributed by atoms with Crippen LogP contribution in [0.1, 0.15) is 21.7 Å². The Morgan fingerprint density at radius 3 is 2.72 bits per heavy atom. The van der Waals surface area contributed by atoms with Crippen LogP contribution in [0.2, 0.25) is 0 Å². The van der Waals surface area contributed by atoms with Crippen molar-refractivity contribution in [2.75, 3.05) is 0 Å². The number of hydrogen-bond acceptors (Lipinski definition) is 5. The fourth-order valence-electron chi connectivity index (χ4n) is 1.37. The number of nitrogens with two attached hydrogens (primary N) is 1. The van der Waals surface area contributed by atoms with Crippen molar-refractivity contribution < 1.29 is 4.79 Å². The molecule has 0 aliphatic heterocycles. The van der Waals surface area contributed by atoms with E-state index in [2.05, 4.69) is 20.6 Å². The van der Waals surface area contributed by atoms with Crippen molar-refractivity contribution in [1.29, 1.82) is 0 Å². The normalized spacial score (nSPS) is 10.3. The Hall–Kier alpha value is -1.86. The lowest BCUT2D eigenvalue weighted by molar-refractivity contribution is 0.0953. The Morgan fingerprint density at radius 2 is 2.17 bits per heavy atom. The Bertz CT molecular complexity index is 537. The van der Waals surface area contributed by atoms with Crippen LogP contribution in [-0.2, 0) is 5.75 Å². The van der Waals surface area contributed by atoms with E-state index in [4.69, 9.17) is 5.84 Å². The van der Waals surface area contributed by atoms with Gasteiger partial charge >= 0.3 is 0 Å². The number of aromatic nitrogens is 3. The molecule has 0 aliphatic carbocycles. The van der Waals surface area contributed by atoms with Crippen LogP contribution in [0.5, 0.6) is 0 Å². The summed E-state index contributed by atoms with van der Waals surface area (Å²) in [5.41, 5.74) is 3.73. The second-order valence-electron chi connectivity index (χ2n) is 3.66. The summed E-state index contributed by atoms with van der Waals surface area (Å²) in [5, 5.41) is 7.54. The summed E-state index contributed by atoms with van der Waals surface area (Å²) < 4.78 is 0. The molecule has 1 aromatic heterocycles. The standard InChI is InChI=1S/C11H13N5OS/c1-7-13-11(16-15-7)18-6-8-2-4-9(5-3-8)10(17)14-12/h2-5H,6,12H2,1H3,(H,14,17)(H,13,15,16). The third-order valence-corrected chi connectivity index (χ3v) is 3.21. The minimum absolute atomic E-state index is 0.293. The SMILES string of the molecule is Cc1nc(SCc2ccc(C(=O)NN)cc2)n[nH]1. The maximum Gasteiger partial charge on any atom is 0.265 e. The molecular weight excluding hydrogens is 250 g/mol. The van der Waals surface area contributed by atoms with Gasteiger partial charge < -0.3 is 0 Å². The van der Waals surface area contributed by atoms with Gasteiger partial charge in [0.2, 0.25) is 5.16 Å². The van der Waals surface area contributed by atoms with E-state index in [1.54, 1.807) is 12.1 Å². The van der Waals surface area contributed by atoms with E-state index < -0.39 is 0 Å². The molecule has 1 heterocycles. The van der Waals surface area contributed by atoms with Crippen molar-refractivity contribution in [3.8, 4) is 0 Å². The summed E-state index contributed by atoms with van der Waals surface area (Å²) in [7, 11) is 0. The highest BCUT2D eigenvalue weighted by atomic mass is 32.2. The van der Waals surface area contributed by atoms with Crippen LogP contribution >= 0.6 is 11.8 Å². The van der Waals surface area contributed by atoms with E-state index >= 15 is 0 Å². The number of hydrogen-bond donors (Lipinski definition) is 3. The van der Waals surface area contributed by atoms with Crippen molar-refractivity contribution in [2.24, 2.45) is 5.84 Å². The number of amides is 1. The first-order valence-corrected chi connectivity index (χ1v) is 6.29. The van der Waals surface area contributed by atoms with Gasteiger partial charge in [0, 0.05) is 11.3 Å². The molecule has 18 heavy (non-hydrogen) atoms. The molecule has 0 unspecified atom stereocenters. The summed E-state index contributed by atoms with van der Waals surface area (Å²) in [6.45, 7) is 1.86. The van der Waals surface area contributed by atoms with Gasteiger partial charge in [0.05, 0.1) is 0 Å². The first-order chi connectivity index (χ1) is 8.69. The van der Waals surface area contributed by atoms with E-state index in [0.717, 1.165) is 22.3 Å². The smallest absolute Gasteiger partial charge is 0.265 e. The number of nitrogen functional groups attached to an aromatic ring is 1. The molecule has 0 aliphatic rings. The largest absolute Gasteiger partial charge is 0.290 e. The van der Waals surface area contributed by atoms with Crippen LogP contribution in [0.3, 0.4) is 0 Å². The predicted molar refractivity (Wildman–Crippen MR) is 68.8 cm³/mol. The van der Waals surface area contributed by atoms with Crippen LogP contribution in [0.4, 0.5) is 0 Å². The number of hydrazine groups is 1. The minimum atomic E-state index is -0.293. The molecule has 0 saturated carbocycles. The van der Waals surface area contributed by atoms with Crippen molar-refractivity contribution in [1.82, 2.24) is 20.6 Å². The van der Waals surface area contributed by atoms with E-state index in [9.17, 15) is 4.79 Å². The van der Waals surface area contributed by atoms with Gasteiger partial charge in [-0.15, -0.1) is 5.10 Å². The van der Waals surface area contributed by atoms with E-state index in [0.29, 0.717) is 5.56 Å². The van der Waals surface area contributed by atoms with Gasteiger partial charge in [-0.1, -0.05) is 23.9 Å². The van der Waals surface area contributed by atoms with Crippen molar-refractivity contribution in [3.05, 3.63) is 41.2 Å². The van der Waals surface area contributed by atoms with Gasteiger partial charge in [0.1, 0.15) is 5.82 Å². The number of nitrogens with zero attached hydrogens (tertiary/aromatic N) is 2. The Balaban J connectivity index is 1.96. The van der Waals surface area contributed by atoms with Crippen molar-refractivity contribution >= 4 is 17.7 Å². The lowest BCUT2D eigenvalue weighted by atomic mass is 10.1. The lowest BCUT2D eigenvalue weighted by Gasteiger charge is -2.01. The second kappa shape index (κ2) is 5.65. The maximum atomic E-state index is 11.2. The van der Waals surface area contributed by atoms with E-state index in [1.165, 1.54) is 11.8 Å². The third kappa shape index (κ3) is 3.08. The molecule has 1 amide bonds. The Morgan fingerprint density at radius 1 is 1.44 bits per heavy atom. The monoisotopic (exact) mass is 263 g/mol. The van der Waals surface area contributed by atoms with Gasteiger partial charge in [-0.3, -0.25) is 15.3 Å². The third-order valence-electron chi connectivity index (χ3n) is 2.29. The van der Waals surface area contributed by atoms with Gasteiger partial charge in [-0.2, -0.15) is 0 Å². The van der Waals surface area contributed by atoms with Crippen LogP contribution < -0.4 is 11.3 Å². The predicted octanol–water partition coefficient (Wildman–Crippen LogP) is 1.01. The molecule has 6 nitrogen and oxygen atoms in total. The molecule has 0 saturated heterocycles. The highest BCUT2D eigenvalue weighted by molar-refractivity contribution is 7.98. The van der Waals surface area contributed by atoms with Gasteiger partial charge in [-0.25, -0.2) is 10.8 Å². The molecule has 2 rings (SSSR count). The van der Waals surface area contributed by atoms with Crippen LogP contribution in [-0.4, -0.2) is 21.1 Å². The highest BCUT2D eigenvalue weighted by Crippen LogP contribution is 2.19. The van der Waals surface area contributed by atoms with E-state index in [1.807, 2.05) is 19.1 Å². The minimum Gasteiger partial charge on any atom is -0.290 e. The van der Waals surface area contributed by atoms with E-state index in [-0.39, 0.29) is 5.91 Å². The number of nitrogens with one attached hydrogen (secondary N) is 2. The molecule has 0 fully saturated rings. The fraction of sp³-hybridized carbons (Fsp3) is 0.182. The summed E-state index contributed by atoms with van der Waals surface area (Å²) in [4.78, 5) is 15.4. The molecule has 94 valence electrons. The molecule has 2 aromatic rings. The number of aryl methyl sites for hydroxylation is 1. The molecular formula is C11H13N5OS. The molecule has 0 bridgehead atoms. The molecule has 0 radical (unpaired) electrons. The van der Waals surface area contributed by atoms with Crippen LogP contribution in [0.25, 0.3) is 0 Å². The summed E-state index contributed by atoms with van der Waals surface area (Å²) >= 11 is 1.54. The zero-order valence-corrected chi connectivity index (χ0v) is 10.6. The summed E-state index contributed by atoms with van der Waals surface area (Å²) in [5.74, 6) is 6.31. The number of carbonyl (C=O) groups is 1. The number of thioether (sulfide) groups is 1. The maximum absolute atomic E-state index is 11.2. The first-order valence-electron chi connectivity index (χ1n) is 5.30. The first kappa shape index (κ1) is 12.6. The quantitative estimate of drug-likeness (QED) is 0.331. The summed E-state index contributed by atoms with van der Waals surface area (Å²) in [6.07, 6.45) is 0. The zero-order chi connectivity index (χ0) is 13.0. The number of H-pyrrole nitrogens is 1. The fourth-order valence-corrected chi connectivity index (χ4v) is 2.17. The second-order valence-corrected chi connectivity index (χ2v) is 4.60. The van der Waals surface area contributed by atoms with Crippen LogP contribution in [0, 0.1) is 6.92 Å². The zero-order valence-electron chi connectivity index (χ0n) is 9.80. The number of aromatic amines is 1. The molecule has 0 spiro atoms. The molecule has 7 heteroatoms. The number of rotatable bonds is 4. The average molecular weight is 263 g/mol. The lowest BCUT2D eigenvalue weighted by Crippen LogP contribution is -2.29. The van der Waals surface area contributed by atoms with Gasteiger partial charge in [0.15, 0.2) is 0 Å². The molecule has 0 atom stereocenters.